The van der Waals surface area contributed by atoms with Crippen LogP contribution in [0.3, 0.4) is 0 Å². The van der Waals surface area contributed by atoms with Gasteiger partial charge in [-0.05, 0) is 31.2 Å². The lowest BCUT2D eigenvalue weighted by molar-refractivity contribution is 0.0992. The lowest BCUT2D eigenvalue weighted by Crippen LogP contribution is -2.26. The van der Waals surface area contributed by atoms with Crippen molar-refractivity contribution in [2.45, 2.75) is 6.92 Å². The second-order valence-corrected chi connectivity index (χ2v) is 5.02. The van der Waals surface area contributed by atoms with Crippen LogP contribution in [0.4, 0.5) is 5.69 Å². The van der Waals surface area contributed by atoms with E-state index in [1.54, 1.807) is 42.0 Å². The molecular weight excluding hydrogens is 272 g/mol. The molecule has 2 aromatic rings. The fraction of sp³-hybridized carbons (Fsp3) is 0.214. The molecule has 0 aliphatic heterocycles. The lowest BCUT2D eigenvalue weighted by atomic mass is 10.1. The Balaban J connectivity index is 2.26. The van der Waals surface area contributed by atoms with E-state index in [0.717, 1.165) is 11.3 Å². The van der Waals surface area contributed by atoms with Crippen molar-refractivity contribution in [1.29, 1.82) is 0 Å². The highest BCUT2D eigenvalue weighted by Crippen LogP contribution is 2.17. The van der Waals surface area contributed by atoms with Crippen molar-refractivity contribution >= 4 is 28.8 Å². The van der Waals surface area contributed by atoms with Crippen LogP contribution >= 0.6 is 12.2 Å². The number of benzene rings is 1. The van der Waals surface area contributed by atoms with Gasteiger partial charge >= 0.3 is 0 Å². The lowest BCUT2D eigenvalue weighted by Gasteiger charge is -2.17. The monoisotopic (exact) mass is 288 g/mol. The highest BCUT2D eigenvalue weighted by molar-refractivity contribution is 7.80. The van der Waals surface area contributed by atoms with Gasteiger partial charge in [0.15, 0.2) is 0 Å². The van der Waals surface area contributed by atoms with Gasteiger partial charge in [0.1, 0.15) is 4.99 Å². The zero-order valence-electron chi connectivity index (χ0n) is 11.6. The maximum Gasteiger partial charge on any atom is 0.261 e. The number of carbonyl (C=O) groups excluding carboxylic acids is 1. The number of nitrogens with zero attached hydrogens (tertiary/aromatic N) is 3. The molecule has 0 spiro atoms. The van der Waals surface area contributed by atoms with Gasteiger partial charge in [0.05, 0.1) is 11.3 Å². The highest BCUT2D eigenvalue weighted by Gasteiger charge is 2.18. The van der Waals surface area contributed by atoms with Gasteiger partial charge in [-0.25, -0.2) is 0 Å². The van der Waals surface area contributed by atoms with Crippen LogP contribution in [-0.2, 0) is 7.05 Å². The van der Waals surface area contributed by atoms with Crippen LogP contribution in [0.15, 0.2) is 30.5 Å². The maximum atomic E-state index is 12.4. The van der Waals surface area contributed by atoms with Crippen LogP contribution in [0.25, 0.3) is 0 Å². The number of rotatable bonds is 3. The van der Waals surface area contributed by atoms with Crippen molar-refractivity contribution in [1.82, 2.24) is 9.78 Å². The quantitative estimate of drug-likeness (QED) is 0.872. The Kier molecular flexibility index (Phi) is 3.85. The van der Waals surface area contributed by atoms with E-state index < -0.39 is 0 Å². The summed E-state index contributed by atoms with van der Waals surface area (Å²) in [4.78, 5) is 14.3. The first-order chi connectivity index (χ1) is 9.40. The molecule has 1 aromatic carbocycles. The molecule has 2 N–H and O–H groups in total. The molecule has 1 heterocycles. The zero-order valence-corrected chi connectivity index (χ0v) is 12.4. The van der Waals surface area contributed by atoms with Crippen LogP contribution in [0.2, 0.25) is 0 Å². The van der Waals surface area contributed by atoms with Gasteiger partial charge in [-0.2, -0.15) is 5.10 Å². The summed E-state index contributed by atoms with van der Waals surface area (Å²) in [5.41, 5.74) is 8.41. The molecule has 5 nitrogen and oxygen atoms in total. The third-order valence-electron chi connectivity index (χ3n) is 3.09. The predicted octanol–water partition coefficient (Wildman–Crippen LogP) is 1.64. The number of aryl methyl sites for hydroxylation is 2. The van der Waals surface area contributed by atoms with Gasteiger partial charge in [0.2, 0.25) is 0 Å². The molecule has 0 bridgehead atoms. The topological polar surface area (TPSA) is 64.2 Å². The number of carbonyl (C=O) groups is 1. The Morgan fingerprint density at radius 2 is 1.95 bits per heavy atom. The standard InChI is InChI=1S/C14H16N4OS/c1-9-12(8-17(2)16-9)14(19)18(3)11-6-4-10(5-7-11)13(15)20/h4-8H,1-3H3,(H2,15,20). The van der Waals surface area contributed by atoms with Gasteiger partial charge in [-0.15, -0.1) is 0 Å². The van der Waals surface area contributed by atoms with Gasteiger partial charge in [0, 0.05) is 31.5 Å². The molecule has 0 saturated heterocycles. The molecule has 0 saturated carbocycles. The summed E-state index contributed by atoms with van der Waals surface area (Å²) in [5, 5.41) is 4.18. The average Bonchev–Trinajstić information content (AvgIpc) is 2.76. The first kappa shape index (κ1) is 14.2. The van der Waals surface area contributed by atoms with Gasteiger partial charge in [0.25, 0.3) is 5.91 Å². The maximum absolute atomic E-state index is 12.4. The number of amides is 1. The Hall–Kier alpha value is -2.21. The molecule has 0 fully saturated rings. The Bertz CT molecular complexity index is 660. The van der Waals surface area contributed by atoms with E-state index in [4.69, 9.17) is 18.0 Å². The van der Waals surface area contributed by atoms with Crippen molar-refractivity contribution in [2.75, 3.05) is 11.9 Å². The summed E-state index contributed by atoms with van der Waals surface area (Å²) in [6.07, 6.45) is 1.72. The van der Waals surface area contributed by atoms with E-state index in [2.05, 4.69) is 5.10 Å². The van der Waals surface area contributed by atoms with Crippen molar-refractivity contribution < 1.29 is 4.79 Å². The van der Waals surface area contributed by atoms with E-state index in [1.807, 2.05) is 19.1 Å². The van der Waals surface area contributed by atoms with Crippen LogP contribution in [0.1, 0.15) is 21.6 Å². The molecule has 104 valence electrons. The summed E-state index contributed by atoms with van der Waals surface area (Å²) in [6.45, 7) is 1.82. The number of hydrogen-bond acceptors (Lipinski definition) is 3. The molecule has 0 atom stereocenters. The van der Waals surface area contributed by atoms with E-state index >= 15 is 0 Å². The zero-order chi connectivity index (χ0) is 14.9. The van der Waals surface area contributed by atoms with Crippen molar-refractivity contribution in [3.05, 3.63) is 47.3 Å². The Morgan fingerprint density at radius 3 is 2.40 bits per heavy atom. The molecule has 20 heavy (non-hydrogen) atoms. The fourth-order valence-electron chi connectivity index (χ4n) is 1.96. The van der Waals surface area contributed by atoms with E-state index in [0.29, 0.717) is 16.2 Å². The largest absolute Gasteiger partial charge is 0.389 e. The molecule has 1 amide bonds. The third kappa shape index (κ3) is 2.70. The summed E-state index contributed by atoms with van der Waals surface area (Å²) >= 11 is 4.91. The van der Waals surface area contributed by atoms with Crippen molar-refractivity contribution in [3.63, 3.8) is 0 Å². The predicted molar refractivity (Wildman–Crippen MR) is 83.0 cm³/mol. The van der Waals surface area contributed by atoms with Crippen molar-refractivity contribution in [2.24, 2.45) is 12.8 Å². The van der Waals surface area contributed by atoms with Gasteiger partial charge in [-0.3, -0.25) is 9.48 Å². The molecule has 0 aliphatic carbocycles. The number of thiocarbonyl (C=S) groups is 1. The minimum Gasteiger partial charge on any atom is -0.389 e. The molecule has 0 unspecified atom stereocenters. The molecule has 6 heteroatoms. The Morgan fingerprint density at radius 1 is 1.35 bits per heavy atom. The van der Waals surface area contributed by atoms with Gasteiger partial charge in [-0.1, -0.05) is 12.2 Å². The Labute approximate surface area is 123 Å². The fourth-order valence-corrected chi connectivity index (χ4v) is 2.09. The van der Waals surface area contributed by atoms with Crippen LogP contribution in [-0.4, -0.2) is 27.7 Å². The minimum atomic E-state index is -0.0984. The number of anilines is 1. The third-order valence-corrected chi connectivity index (χ3v) is 3.32. The van der Waals surface area contributed by atoms with E-state index in [1.165, 1.54) is 0 Å². The molecule has 1 aromatic heterocycles. The summed E-state index contributed by atoms with van der Waals surface area (Å²) < 4.78 is 1.63. The highest BCUT2D eigenvalue weighted by atomic mass is 32.1. The summed E-state index contributed by atoms with van der Waals surface area (Å²) in [7, 11) is 3.52. The normalized spacial score (nSPS) is 10.3. The SMILES string of the molecule is Cc1nn(C)cc1C(=O)N(C)c1ccc(C(N)=S)cc1. The average molecular weight is 288 g/mol. The first-order valence-corrected chi connectivity index (χ1v) is 6.49. The van der Waals surface area contributed by atoms with Gasteiger partial charge < -0.3 is 10.6 Å². The van der Waals surface area contributed by atoms with Crippen molar-refractivity contribution in [3.8, 4) is 0 Å². The number of aromatic nitrogens is 2. The minimum absolute atomic E-state index is 0.0984. The second-order valence-electron chi connectivity index (χ2n) is 4.58. The number of hydrogen-bond donors (Lipinski definition) is 1. The van der Waals surface area contributed by atoms with Crippen LogP contribution < -0.4 is 10.6 Å². The summed E-state index contributed by atoms with van der Waals surface area (Å²) in [5.74, 6) is -0.0984. The van der Waals surface area contributed by atoms with Crippen LogP contribution in [0.5, 0.6) is 0 Å². The smallest absolute Gasteiger partial charge is 0.261 e. The molecule has 0 aliphatic rings. The molecule has 2 rings (SSSR count). The number of nitrogens with two attached hydrogens (primary N) is 1. The van der Waals surface area contributed by atoms with Crippen LogP contribution in [0, 0.1) is 6.92 Å². The second kappa shape index (κ2) is 5.42. The summed E-state index contributed by atoms with van der Waals surface area (Å²) in [6, 6.07) is 7.24. The molecular formula is C14H16N4OS. The van der Waals surface area contributed by atoms with E-state index in [-0.39, 0.29) is 5.91 Å². The first-order valence-electron chi connectivity index (χ1n) is 6.08. The van der Waals surface area contributed by atoms with E-state index in [9.17, 15) is 4.79 Å². The molecule has 0 radical (unpaired) electrons.